The van der Waals surface area contributed by atoms with Crippen LogP contribution < -0.4 is 11.1 Å². The fourth-order valence-corrected chi connectivity index (χ4v) is 3.36. The van der Waals surface area contributed by atoms with Crippen molar-refractivity contribution in [3.05, 3.63) is 95.6 Å². The van der Waals surface area contributed by atoms with Gasteiger partial charge in [0.2, 0.25) is 5.91 Å². The molecule has 4 aromatic rings. The molecule has 5 nitrogen and oxygen atoms in total. The van der Waals surface area contributed by atoms with Gasteiger partial charge in [0, 0.05) is 11.3 Å². The zero-order chi connectivity index (χ0) is 20.2. The second-order valence-corrected chi connectivity index (χ2v) is 6.82. The van der Waals surface area contributed by atoms with Crippen molar-refractivity contribution in [2.45, 2.75) is 13.0 Å². The zero-order valence-corrected chi connectivity index (χ0v) is 15.8. The first-order chi connectivity index (χ1) is 14.1. The van der Waals surface area contributed by atoms with Gasteiger partial charge in [-0.05, 0) is 61.0 Å². The third-order valence-corrected chi connectivity index (χ3v) is 4.81. The lowest BCUT2D eigenvalue weighted by molar-refractivity contribution is 0.100. The standard InChI is InChI=1S/C23H21FN4O/c24-18-7-9-19(10-8-18)28-21-11-6-17(23(25)29)14-20(21)27-22(28)15-26-13-12-16-4-2-1-3-5-16/h1-11,14,26H,12-13,15H2,(H2,25,29). The Morgan fingerprint density at radius 2 is 1.79 bits per heavy atom. The van der Waals surface area contributed by atoms with E-state index < -0.39 is 5.91 Å². The highest BCUT2D eigenvalue weighted by Crippen LogP contribution is 2.23. The number of halogens is 1. The number of carbonyl (C=O) groups is 1. The molecule has 0 atom stereocenters. The highest BCUT2D eigenvalue weighted by atomic mass is 19.1. The van der Waals surface area contributed by atoms with Crippen molar-refractivity contribution in [3.8, 4) is 5.69 Å². The summed E-state index contributed by atoms with van der Waals surface area (Å²) in [5, 5.41) is 3.42. The molecule has 1 amide bonds. The Balaban J connectivity index is 1.62. The number of amides is 1. The van der Waals surface area contributed by atoms with Gasteiger partial charge in [0.15, 0.2) is 0 Å². The van der Waals surface area contributed by atoms with Crippen LogP contribution in [-0.2, 0) is 13.0 Å². The summed E-state index contributed by atoms with van der Waals surface area (Å²) in [4.78, 5) is 16.2. The van der Waals surface area contributed by atoms with Crippen molar-refractivity contribution in [1.29, 1.82) is 0 Å². The minimum absolute atomic E-state index is 0.295. The lowest BCUT2D eigenvalue weighted by atomic mass is 10.1. The summed E-state index contributed by atoms with van der Waals surface area (Å²) in [5.74, 6) is -0.0104. The average molecular weight is 388 g/mol. The summed E-state index contributed by atoms with van der Waals surface area (Å²) in [6.07, 6.45) is 0.906. The van der Waals surface area contributed by atoms with Crippen LogP contribution in [0.1, 0.15) is 21.7 Å². The highest BCUT2D eigenvalue weighted by molar-refractivity contribution is 5.96. The number of aromatic nitrogens is 2. The molecule has 4 rings (SSSR count). The lowest BCUT2D eigenvalue weighted by Crippen LogP contribution is -2.19. The van der Waals surface area contributed by atoms with E-state index in [0.717, 1.165) is 30.0 Å². The SMILES string of the molecule is NC(=O)c1ccc2c(c1)nc(CNCCc1ccccc1)n2-c1ccc(F)cc1. The van der Waals surface area contributed by atoms with Gasteiger partial charge in [0.25, 0.3) is 0 Å². The molecular formula is C23H21FN4O. The summed E-state index contributed by atoms with van der Waals surface area (Å²) in [5.41, 5.74) is 9.39. The van der Waals surface area contributed by atoms with Crippen molar-refractivity contribution in [3.63, 3.8) is 0 Å². The largest absolute Gasteiger partial charge is 0.366 e. The number of hydrogen-bond donors (Lipinski definition) is 2. The number of rotatable bonds is 7. The van der Waals surface area contributed by atoms with E-state index in [1.165, 1.54) is 17.7 Å². The van der Waals surface area contributed by atoms with Gasteiger partial charge in [-0.3, -0.25) is 9.36 Å². The molecule has 146 valence electrons. The van der Waals surface area contributed by atoms with Gasteiger partial charge in [-0.25, -0.2) is 9.37 Å². The maximum atomic E-state index is 13.4. The first-order valence-corrected chi connectivity index (χ1v) is 9.43. The van der Waals surface area contributed by atoms with Crippen LogP contribution in [0.5, 0.6) is 0 Å². The van der Waals surface area contributed by atoms with Crippen molar-refractivity contribution < 1.29 is 9.18 Å². The van der Waals surface area contributed by atoms with Crippen molar-refractivity contribution in [2.75, 3.05) is 6.54 Å². The Morgan fingerprint density at radius 3 is 2.52 bits per heavy atom. The Bertz CT molecular complexity index is 1140. The van der Waals surface area contributed by atoms with Gasteiger partial charge < -0.3 is 11.1 Å². The van der Waals surface area contributed by atoms with E-state index in [-0.39, 0.29) is 5.82 Å². The summed E-state index contributed by atoms with van der Waals surface area (Å²) >= 11 is 0. The van der Waals surface area contributed by atoms with Gasteiger partial charge in [-0.2, -0.15) is 0 Å². The number of carbonyl (C=O) groups excluding carboxylic acids is 1. The topological polar surface area (TPSA) is 72.9 Å². The number of imidazole rings is 1. The van der Waals surface area contributed by atoms with Gasteiger partial charge in [0.05, 0.1) is 17.6 Å². The van der Waals surface area contributed by atoms with Gasteiger partial charge >= 0.3 is 0 Å². The molecule has 0 bridgehead atoms. The molecule has 0 saturated heterocycles. The number of primary amides is 1. The normalized spacial score (nSPS) is 11.1. The molecule has 0 aliphatic carbocycles. The monoisotopic (exact) mass is 388 g/mol. The number of fused-ring (bicyclic) bond motifs is 1. The minimum atomic E-state index is -0.495. The molecule has 1 heterocycles. The molecule has 29 heavy (non-hydrogen) atoms. The van der Waals surface area contributed by atoms with E-state index >= 15 is 0 Å². The number of benzene rings is 3. The smallest absolute Gasteiger partial charge is 0.248 e. The van der Waals surface area contributed by atoms with Crippen LogP contribution in [0.25, 0.3) is 16.7 Å². The Morgan fingerprint density at radius 1 is 1.03 bits per heavy atom. The molecule has 0 unspecified atom stereocenters. The third-order valence-electron chi connectivity index (χ3n) is 4.81. The van der Waals surface area contributed by atoms with E-state index in [1.54, 1.807) is 24.3 Å². The van der Waals surface area contributed by atoms with Crippen LogP contribution in [0, 0.1) is 5.82 Å². The first-order valence-electron chi connectivity index (χ1n) is 9.43. The molecule has 1 aromatic heterocycles. The van der Waals surface area contributed by atoms with Crippen LogP contribution in [0.4, 0.5) is 4.39 Å². The average Bonchev–Trinajstić information content (AvgIpc) is 3.10. The second-order valence-electron chi connectivity index (χ2n) is 6.82. The molecule has 0 fully saturated rings. The Hall–Kier alpha value is -3.51. The van der Waals surface area contributed by atoms with Crippen molar-refractivity contribution in [1.82, 2.24) is 14.9 Å². The van der Waals surface area contributed by atoms with E-state index in [2.05, 4.69) is 17.4 Å². The fourth-order valence-electron chi connectivity index (χ4n) is 3.36. The van der Waals surface area contributed by atoms with Gasteiger partial charge in [-0.1, -0.05) is 30.3 Å². The highest BCUT2D eigenvalue weighted by Gasteiger charge is 2.14. The maximum Gasteiger partial charge on any atom is 0.248 e. The minimum Gasteiger partial charge on any atom is -0.366 e. The van der Waals surface area contributed by atoms with E-state index in [1.807, 2.05) is 28.8 Å². The van der Waals surface area contributed by atoms with Crippen LogP contribution in [0.2, 0.25) is 0 Å². The van der Waals surface area contributed by atoms with Crippen LogP contribution in [0.15, 0.2) is 72.8 Å². The first kappa shape index (κ1) is 18.8. The van der Waals surface area contributed by atoms with Crippen molar-refractivity contribution in [2.24, 2.45) is 5.73 Å². The maximum absolute atomic E-state index is 13.4. The quantitative estimate of drug-likeness (QED) is 0.475. The van der Waals surface area contributed by atoms with E-state index in [4.69, 9.17) is 10.7 Å². The third kappa shape index (κ3) is 4.17. The lowest BCUT2D eigenvalue weighted by Gasteiger charge is -2.10. The van der Waals surface area contributed by atoms with Gasteiger partial charge in [0.1, 0.15) is 11.6 Å². The second kappa shape index (κ2) is 8.24. The van der Waals surface area contributed by atoms with Crippen molar-refractivity contribution >= 4 is 16.9 Å². The van der Waals surface area contributed by atoms with E-state index in [9.17, 15) is 9.18 Å². The van der Waals surface area contributed by atoms with Gasteiger partial charge in [-0.15, -0.1) is 0 Å². The number of hydrogen-bond acceptors (Lipinski definition) is 3. The number of nitrogens with two attached hydrogens (primary N) is 1. The fraction of sp³-hybridized carbons (Fsp3) is 0.130. The number of nitrogens with one attached hydrogen (secondary N) is 1. The predicted molar refractivity (Wildman–Crippen MR) is 111 cm³/mol. The molecule has 3 aromatic carbocycles. The predicted octanol–water partition coefficient (Wildman–Crippen LogP) is 3.60. The molecule has 6 heteroatoms. The molecule has 0 aliphatic rings. The van der Waals surface area contributed by atoms with Crippen LogP contribution in [0.3, 0.4) is 0 Å². The summed E-state index contributed by atoms with van der Waals surface area (Å²) in [7, 11) is 0. The molecule has 0 radical (unpaired) electrons. The molecular weight excluding hydrogens is 367 g/mol. The molecule has 0 aliphatic heterocycles. The summed E-state index contributed by atoms with van der Waals surface area (Å²) < 4.78 is 15.4. The summed E-state index contributed by atoms with van der Waals surface area (Å²) in [6.45, 7) is 1.33. The molecule has 0 spiro atoms. The Labute approximate surface area is 168 Å². The molecule has 3 N–H and O–H groups in total. The summed E-state index contributed by atoms with van der Waals surface area (Å²) in [6, 6.07) is 21.7. The molecule has 0 saturated carbocycles. The van der Waals surface area contributed by atoms with Crippen LogP contribution in [-0.4, -0.2) is 22.0 Å². The Kier molecular flexibility index (Phi) is 5.35. The number of nitrogens with zero attached hydrogens (tertiary/aromatic N) is 2. The van der Waals surface area contributed by atoms with Crippen LogP contribution >= 0.6 is 0 Å². The van der Waals surface area contributed by atoms with E-state index in [0.29, 0.717) is 17.6 Å². The zero-order valence-electron chi connectivity index (χ0n) is 15.8.